The molecule has 2 heterocycles. The zero-order valence-electron chi connectivity index (χ0n) is 14.5. The van der Waals surface area contributed by atoms with Crippen molar-refractivity contribution in [1.29, 1.82) is 0 Å². The van der Waals surface area contributed by atoms with Crippen molar-refractivity contribution in [2.75, 3.05) is 12.3 Å². The number of hydrogen-bond donors (Lipinski definition) is 3. The third-order valence-corrected chi connectivity index (χ3v) is 4.92. The Morgan fingerprint density at radius 3 is 2.74 bits per heavy atom. The zero-order chi connectivity index (χ0) is 19.6. The maximum absolute atomic E-state index is 12.1. The van der Waals surface area contributed by atoms with Crippen LogP contribution in [-0.2, 0) is 13.8 Å². The maximum atomic E-state index is 12.1. The summed E-state index contributed by atoms with van der Waals surface area (Å²) in [6, 6.07) is 9.92. The molecule has 1 saturated heterocycles. The van der Waals surface area contributed by atoms with Crippen LogP contribution in [0, 0.1) is 0 Å². The van der Waals surface area contributed by atoms with Crippen molar-refractivity contribution >= 4 is 14.1 Å². The highest BCUT2D eigenvalue weighted by atomic mass is 31.1. The largest absolute Gasteiger partial charge is 0.750 e. The Hall–Kier alpha value is -2.36. The third kappa shape index (κ3) is 4.15. The van der Waals surface area contributed by atoms with Gasteiger partial charge in [0.25, 0.3) is 0 Å². The number of nitrogens with zero attached hydrogens (tertiary/aromatic N) is 2. The Balaban J connectivity index is 1.67. The fourth-order valence-electron chi connectivity index (χ4n) is 2.76. The highest BCUT2D eigenvalue weighted by Gasteiger charge is 2.53. The number of ether oxygens (including phenoxy) is 1. The van der Waals surface area contributed by atoms with Crippen molar-refractivity contribution in [1.82, 2.24) is 9.55 Å². The van der Waals surface area contributed by atoms with Crippen molar-refractivity contribution in [3.05, 3.63) is 53.1 Å². The summed E-state index contributed by atoms with van der Waals surface area (Å²) >= 11 is 0. The molecule has 1 aliphatic heterocycles. The number of nitrogens with two attached hydrogens (primary N) is 2. The molecule has 2 aromatic rings. The average molecular weight is 395 g/mol. The molecule has 0 aliphatic carbocycles. The van der Waals surface area contributed by atoms with Crippen LogP contribution >= 0.6 is 8.25 Å². The van der Waals surface area contributed by atoms with Gasteiger partial charge < -0.3 is 21.3 Å². The highest BCUT2D eigenvalue weighted by molar-refractivity contribution is 7.33. The first-order valence-electron chi connectivity index (χ1n) is 8.09. The van der Waals surface area contributed by atoms with E-state index in [1.807, 2.05) is 0 Å². The predicted octanol–water partition coefficient (Wildman–Crippen LogP) is 0.554. The fourth-order valence-corrected chi connectivity index (χ4v) is 3.38. The molecule has 0 spiro atoms. The molecular formula is C16H20N4O6P+. The van der Waals surface area contributed by atoms with Gasteiger partial charge in [-0.15, -0.1) is 4.52 Å². The summed E-state index contributed by atoms with van der Waals surface area (Å²) in [4.78, 5) is 15.7. The van der Waals surface area contributed by atoms with Crippen molar-refractivity contribution in [3.63, 3.8) is 0 Å². The monoisotopic (exact) mass is 395 g/mol. The van der Waals surface area contributed by atoms with Crippen molar-refractivity contribution in [2.45, 2.75) is 30.9 Å². The minimum atomic E-state index is -2.48. The lowest BCUT2D eigenvalue weighted by atomic mass is 9.93. The number of aromatic nitrogens is 2. The van der Waals surface area contributed by atoms with Gasteiger partial charge in [-0.2, -0.15) is 4.98 Å². The fraction of sp³-hybridized carbons (Fsp3) is 0.375. The molecule has 0 radical (unpaired) electrons. The number of aliphatic hydroxyl groups excluding tert-OH is 1. The number of nitrogen functional groups attached to an aromatic ring is 1. The molecule has 0 saturated carbocycles. The van der Waals surface area contributed by atoms with E-state index in [1.165, 1.54) is 19.2 Å². The Labute approximate surface area is 155 Å². The second-order valence-electron chi connectivity index (χ2n) is 6.30. The number of aliphatic hydroxyl groups is 1. The summed E-state index contributed by atoms with van der Waals surface area (Å²) in [7, 11) is -2.48. The van der Waals surface area contributed by atoms with Gasteiger partial charge in [0, 0.05) is 10.8 Å². The summed E-state index contributed by atoms with van der Waals surface area (Å²) in [6.45, 7) is 1.29. The summed E-state index contributed by atoms with van der Waals surface area (Å²) in [5.74, 6) is 0.441. The molecule has 1 aliphatic rings. The van der Waals surface area contributed by atoms with Crippen LogP contribution in [0.15, 0.2) is 47.4 Å². The summed E-state index contributed by atoms with van der Waals surface area (Å²) in [6.07, 6.45) is -1.73. The van der Waals surface area contributed by atoms with E-state index in [0.717, 1.165) is 4.57 Å². The molecule has 0 amide bonds. The second-order valence-corrected chi connectivity index (χ2v) is 7.19. The van der Waals surface area contributed by atoms with Crippen molar-refractivity contribution in [3.8, 4) is 5.75 Å². The molecule has 1 fully saturated rings. The molecule has 5 atom stereocenters. The van der Waals surface area contributed by atoms with Gasteiger partial charge in [-0.3, -0.25) is 4.57 Å². The minimum Gasteiger partial charge on any atom is -0.388 e. The Bertz CT molecular complexity index is 875. The van der Waals surface area contributed by atoms with Crippen LogP contribution in [0.2, 0.25) is 0 Å². The molecule has 1 aromatic heterocycles. The number of hydrogen-bond acceptors (Lipinski definition) is 9. The molecule has 0 bridgehead atoms. The van der Waals surface area contributed by atoms with E-state index >= 15 is 0 Å². The predicted molar refractivity (Wildman–Crippen MR) is 96.0 cm³/mol. The van der Waals surface area contributed by atoms with Crippen LogP contribution in [0.5, 0.6) is 5.75 Å². The SMILES string of the molecule is CC1(N)C(O)C(CO[P+](=O)Oc2ccccc2)OC1n1ccc(N)nc1=O. The van der Waals surface area contributed by atoms with E-state index in [1.54, 1.807) is 30.3 Å². The molecule has 1 aromatic carbocycles. The van der Waals surface area contributed by atoms with Gasteiger partial charge in [-0.1, -0.05) is 18.2 Å². The zero-order valence-corrected chi connectivity index (χ0v) is 15.4. The van der Waals surface area contributed by atoms with Gasteiger partial charge in [-0.25, -0.2) is 9.32 Å². The normalized spacial score (nSPS) is 28.1. The van der Waals surface area contributed by atoms with Gasteiger partial charge in [0.1, 0.15) is 24.6 Å². The van der Waals surface area contributed by atoms with Crippen molar-refractivity contribution in [2.24, 2.45) is 5.73 Å². The standard InChI is InChI=1S/C16H19N4O6P/c1-16(18)13(21)11(9-24-27(23)26-10-5-3-2-4-6-10)25-14(16)20-8-7-12(17)19-15(20)22/h2-8,11,13-14,21H,9,18H2,1H3,(H-,17,19,22)/p+1. The van der Waals surface area contributed by atoms with Crippen LogP contribution in [0.4, 0.5) is 5.82 Å². The van der Waals surface area contributed by atoms with Gasteiger partial charge in [0.2, 0.25) is 0 Å². The lowest BCUT2D eigenvalue weighted by Gasteiger charge is -2.28. The first kappa shape index (κ1) is 19.4. The molecule has 10 nitrogen and oxygen atoms in total. The lowest BCUT2D eigenvalue weighted by Crippen LogP contribution is -2.53. The van der Waals surface area contributed by atoms with Gasteiger partial charge in [-0.05, 0) is 25.1 Å². The van der Waals surface area contributed by atoms with Crippen LogP contribution in [0.3, 0.4) is 0 Å². The maximum Gasteiger partial charge on any atom is 0.750 e. The third-order valence-electron chi connectivity index (χ3n) is 4.20. The van der Waals surface area contributed by atoms with Gasteiger partial charge >= 0.3 is 13.9 Å². The molecule has 5 N–H and O–H groups in total. The first-order valence-corrected chi connectivity index (χ1v) is 9.19. The molecule has 144 valence electrons. The number of para-hydroxylation sites is 1. The van der Waals surface area contributed by atoms with E-state index in [2.05, 4.69) is 4.98 Å². The minimum absolute atomic E-state index is 0.0588. The van der Waals surface area contributed by atoms with Gasteiger partial charge in [0.15, 0.2) is 12.0 Å². The summed E-state index contributed by atoms with van der Waals surface area (Å²) < 4.78 is 29.1. The first-order chi connectivity index (χ1) is 12.8. The van der Waals surface area contributed by atoms with Crippen LogP contribution < -0.4 is 21.7 Å². The Morgan fingerprint density at radius 2 is 2.07 bits per heavy atom. The topological polar surface area (TPSA) is 152 Å². The number of anilines is 1. The number of benzene rings is 1. The van der Waals surface area contributed by atoms with E-state index < -0.39 is 37.9 Å². The average Bonchev–Trinajstić information content (AvgIpc) is 2.84. The van der Waals surface area contributed by atoms with Crippen LogP contribution in [0.25, 0.3) is 0 Å². The van der Waals surface area contributed by atoms with Crippen molar-refractivity contribution < 1.29 is 23.5 Å². The molecular weight excluding hydrogens is 375 g/mol. The molecule has 3 rings (SSSR count). The molecule has 5 unspecified atom stereocenters. The van der Waals surface area contributed by atoms with E-state index in [-0.39, 0.29) is 12.4 Å². The second kappa shape index (κ2) is 7.71. The summed E-state index contributed by atoms with van der Waals surface area (Å²) in [5.41, 5.74) is 9.67. The van der Waals surface area contributed by atoms with Crippen LogP contribution in [0.1, 0.15) is 13.2 Å². The van der Waals surface area contributed by atoms with E-state index in [9.17, 15) is 14.5 Å². The smallest absolute Gasteiger partial charge is 0.388 e. The Morgan fingerprint density at radius 1 is 1.37 bits per heavy atom. The summed E-state index contributed by atoms with van der Waals surface area (Å²) in [5, 5.41) is 10.5. The quantitative estimate of drug-likeness (QED) is 0.595. The van der Waals surface area contributed by atoms with E-state index in [0.29, 0.717) is 5.75 Å². The van der Waals surface area contributed by atoms with E-state index in [4.69, 9.17) is 25.3 Å². The van der Waals surface area contributed by atoms with Gasteiger partial charge in [0.05, 0.1) is 5.54 Å². The lowest BCUT2D eigenvalue weighted by molar-refractivity contribution is -0.0441. The molecule has 11 heteroatoms. The highest BCUT2D eigenvalue weighted by Crippen LogP contribution is 2.37. The van der Waals surface area contributed by atoms with Crippen LogP contribution in [-0.4, -0.2) is 39.0 Å². The number of rotatable bonds is 6. The molecule has 27 heavy (non-hydrogen) atoms. The Kier molecular flexibility index (Phi) is 5.54.